The van der Waals surface area contributed by atoms with Gasteiger partial charge in [0.2, 0.25) is 0 Å². The van der Waals surface area contributed by atoms with Gasteiger partial charge >= 0.3 is 0 Å². The number of rotatable bonds is 7. The van der Waals surface area contributed by atoms with Crippen molar-refractivity contribution in [2.75, 3.05) is 57.9 Å². The highest BCUT2D eigenvalue weighted by Gasteiger charge is 2.37. The molecule has 2 aliphatic heterocycles. The molecule has 6 nitrogen and oxygen atoms in total. The molecule has 3 heterocycles. The van der Waals surface area contributed by atoms with Crippen LogP contribution in [0.4, 0.5) is 5.82 Å². The molecular weight excluding hydrogens is 364 g/mol. The maximum Gasteiger partial charge on any atom is 0.128 e. The summed E-state index contributed by atoms with van der Waals surface area (Å²) in [6.45, 7) is 7.61. The van der Waals surface area contributed by atoms with Crippen LogP contribution >= 0.6 is 0 Å². The molecule has 2 aliphatic rings. The van der Waals surface area contributed by atoms with E-state index in [9.17, 15) is 5.11 Å². The fourth-order valence-electron chi connectivity index (χ4n) is 4.44. The number of benzene rings is 1. The summed E-state index contributed by atoms with van der Waals surface area (Å²) in [5.74, 6) is 0.946. The van der Waals surface area contributed by atoms with Crippen molar-refractivity contribution >= 4 is 5.82 Å². The summed E-state index contributed by atoms with van der Waals surface area (Å²) in [5, 5.41) is 11.1. The molecule has 1 aromatic carbocycles. The van der Waals surface area contributed by atoms with Crippen molar-refractivity contribution in [2.45, 2.75) is 25.1 Å². The molecular formula is C23H32N4O2. The third-order valence-electron chi connectivity index (χ3n) is 5.82. The molecule has 0 spiro atoms. The molecule has 156 valence electrons. The van der Waals surface area contributed by atoms with Gasteiger partial charge in [0, 0.05) is 52.0 Å². The molecule has 2 aromatic rings. The maximum absolute atomic E-state index is 11.1. The molecule has 1 aromatic heterocycles. The van der Waals surface area contributed by atoms with E-state index in [0.29, 0.717) is 13.1 Å². The smallest absolute Gasteiger partial charge is 0.128 e. The maximum atomic E-state index is 11.1. The van der Waals surface area contributed by atoms with Crippen LogP contribution in [0.2, 0.25) is 0 Å². The zero-order valence-electron chi connectivity index (χ0n) is 17.3. The molecule has 1 atom stereocenters. The minimum Gasteiger partial charge on any atom is -0.387 e. The highest BCUT2D eigenvalue weighted by molar-refractivity contribution is 5.40. The number of pyridine rings is 1. The standard InChI is InChI=1S/C23H32N4O2/c1-25(18-23(28)8-10-27(19-23)22-7-2-3-9-24-22)16-20-5-4-6-21(15-20)17-26-11-13-29-14-12-26/h2-7,9,15,28H,8,10-14,16-19H2,1H3. The Kier molecular flexibility index (Phi) is 6.45. The first-order valence-corrected chi connectivity index (χ1v) is 10.5. The monoisotopic (exact) mass is 396 g/mol. The Hall–Kier alpha value is -1.99. The van der Waals surface area contributed by atoms with Gasteiger partial charge in [-0.1, -0.05) is 30.3 Å². The molecule has 0 bridgehead atoms. The van der Waals surface area contributed by atoms with Crippen LogP contribution in [0.5, 0.6) is 0 Å². The Morgan fingerprint density at radius 2 is 1.93 bits per heavy atom. The van der Waals surface area contributed by atoms with Gasteiger partial charge in [0.15, 0.2) is 0 Å². The van der Waals surface area contributed by atoms with E-state index >= 15 is 0 Å². The molecule has 0 saturated carbocycles. The topological polar surface area (TPSA) is 52.1 Å². The van der Waals surface area contributed by atoms with Gasteiger partial charge in [-0.15, -0.1) is 0 Å². The lowest BCUT2D eigenvalue weighted by Gasteiger charge is -2.29. The number of aliphatic hydroxyl groups is 1. The van der Waals surface area contributed by atoms with E-state index < -0.39 is 5.60 Å². The number of likely N-dealkylation sites (N-methyl/N-ethyl adjacent to an activating group) is 1. The van der Waals surface area contributed by atoms with Gasteiger partial charge in [-0.3, -0.25) is 9.80 Å². The summed E-state index contributed by atoms with van der Waals surface area (Å²) in [6, 6.07) is 14.8. The Balaban J connectivity index is 1.31. The first-order valence-electron chi connectivity index (χ1n) is 10.5. The summed E-state index contributed by atoms with van der Waals surface area (Å²) in [7, 11) is 2.09. The Morgan fingerprint density at radius 1 is 1.10 bits per heavy atom. The van der Waals surface area contributed by atoms with Crippen molar-refractivity contribution in [1.82, 2.24) is 14.8 Å². The molecule has 29 heavy (non-hydrogen) atoms. The third kappa shape index (κ3) is 5.54. The summed E-state index contributed by atoms with van der Waals surface area (Å²) in [5.41, 5.74) is 1.94. The number of hydrogen-bond donors (Lipinski definition) is 1. The molecule has 4 rings (SSSR count). The van der Waals surface area contributed by atoms with Gasteiger partial charge in [-0.2, -0.15) is 0 Å². The fourth-order valence-corrected chi connectivity index (χ4v) is 4.44. The van der Waals surface area contributed by atoms with Crippen LogP contribution < -0.4 is 4.90 Å². The summed E-state index contributed by atoms with van der Waals surface area (Å²) in [4.78, 5) is 11.3. The molecule has 2 fully saturated rings. The normalized spacial score (nSPS) is 23.1. The average Bonchev–Trinajstić information content (AvgIpc) is 3.11. The summed E-state index contributed by atoms with van der Waals surface area (Å²) >= 11 is 0. The van der Waals surface area contributed by atoms with Crippen molar-refractivity contribution < 1.29 is 9.84 Å². The van der Waals surface area contributed by atoms with Crippen LogP contribution in [0.15, 0.2) is 48.7 Å². The van der Waals surface area contributed by atoms with Gasteiger partial charge in [0.1, 0.15) is 5.82 Å². The third-order valence-corrected chi connectivity index (χ3v) is 5.82. The van der Waals surface area contributed by atoms with Crippen LogP contribution in [-0.4, -0.2) is 78.5 Å². The number of morpholine rings is 1. The predicted molar refractivity (Wildman–Crippen MR) is 115 cm³/mol. The lowest BCUT2D eigenvalue weighted by molar-refractivity contribution is 0.0279. The average molecular weight is 397 g/mol. The van der Waals surface area contributed by atoms with Crippen LogP contribution in [0.3, 0.4) is 0 Å². The lowest BCUT2D eigenvalue weighted by Crippen LogP contribution is -2.43. The number of hydrogen-bond acceptors (Lipinski definition) is 6. The van der Waals surface area contributed by atoms with Crippen LogP contribution in [-0.2, 0) is 17.8 Å². The number of ether oxygens (including phenoxy) is 1. The Bertz CT molecular complexity index is 781. The highest BCUT2D eigenvalue weighted by atomic mass is 16.5. The van der Waals surface area contributed by atoms with Gasteiger partial charge in [-0.25, -0.2) is 4.98 Å². The molecule has 0 aliphatic carbocycles. The highest BCUT2D eigenvalue weighted by Crippen LogP contribution is 2.26. The first kappa shape index (κ1) is 20.3. The molecule has 1 unspecified atom stereocenters. The SMILES string of the molecule is CN(Cc1cccc(CN2CCOCC2)c1)CC1(O)CCN(c2ccccn2)C1. The van der Waals surface area contributed by atoms with E-state index in [1.165, 1.54) is 11.1 Å². The molecule has 1 N–H and O–H groups in total. The van der Waals surface area contributed by atoms with Crippen molar-refractivity contribution in [3.05, 3.63) is 59.8 Å². The Morgan fingerprint density at radius 3 is 2.72 bits per heavy atom. The summed E-state index contributed by atoms with van der Waals surface area (Å²) in [6.07, 6.45) is 2.58. The van der Waals surface area contributed by atoms with Crippen LogP contribution in [0.1, 0.15) is 17.5 Å². The minimum absolute atomic E-state index is 0.630. The zero-order valence-corrected chi connectivity index (χ0v) is 17.3. The first-order chi connectivity index (χ1) is 14.1. The second-order valence-corrected chi connectivity index (χ2v) is 8.46. The van der Waals surface area contributed by atoms with E-state index in [1.807, 2.05) is 24.4 Å². The second-order valence-electron chi connectivity index (χ2n) is 8.46. The second kappa shape index (κ2) is 9.22. The predicted octanol–water partition coefficient (Wildman–Crippen LogP) is 1.99. The zero-order chi connectivity index (χ0) is 20.1. The van der Waals surface area contributed by atoms with Crippen molar-refractivity contribution in [2.24, 2.45) is 0 Å². The molecule has 0 radical (unpaired) electrons. The van der Waals surface area contributed by atoms with E-state index in [0.717, 1.165) is 58.2 Å². The number of aromatic nitrogens is 1. The van der Waals surface area contributed by atoms with E-state index in [2.05, 4.69) is 51.0 Å². The van der Waals surface area contributed by atoms with Crippen molar-refractivity contribution in [1.29, 1.82) is 0 Å². The molecule has 6 heteroatoms. The largest absolute Gasteiger partial charge is 0.387 e. The van der Waals surface area contributed by atoms with Gasteiger partial charge in [0.05, 0.1) is 18.8 Å². The quantitative estimate of drug-likeness (QED) is 0.773. The van der Waals surface area contributed by atoms with Gasteiger partial charge < -0.3 is 14.7 Å². The van der Waals surface area contributed by atoms with Gasteiger partial charge in [0.25, 0.3) is 0 Å². The molecule has 0 amide bonds. The minimum atomic E-state index is -0.697. The van der Waals surface area contributed by atoms with E-state index in [-0.39, 0.29) is 0 Å². The summed E-state index contributed by atoms with van der Waals surface area (Å²) < 4.78 is 5.44. The lowest BCUT2D eigenvalue weighted by atomic mass is 10.0. The number of β-amino-alcohol motifs (C(OH)–C–C–N with tert-alkyl or cyclic N) is 1. The Labute approximate surface area is 173 Å². The van der Waals surface area contributed by atoms with Gasteiger partial charge in [-0.05, 0) is 36.7 Å². The number of anilines is 1. The van der Waals surface area contributed by atoms with Crippen LogP contribution in [0, 0.1) is 0 Å². The van der Waals surface area contributed by atoms with E-state index in [4.69, 9.17) is 4.74 Å². The van der Waals surface area contributed by atoms with Crippen molar-refractivity contribution in [3.63, 3.8) is 0 Å². The fraction of sp³-hybridized carbons (Fsp3) is 0.522. The van der Waals surface area contributed by atoms with E-state index in [1.54, 1.807) is 0 Å². The number of nitrogens with zero attached hydrogens (tertiary/aromatic N) is 4. The van der Waals surface area contributed by atoms with Crippen molar-refractivity contribution in [3.8, 4) is 0 Å². The molecule has 2 saturated heterocycles. The van der Waals surface area contributed by atoms with Crippen LogP contribution in [0.25, 0.3) is 0 Å².